The predicted molar refractivity (Wildman–Crippen MR) is 98.3 cm³/mol. The van der Waals surface area contributed by atoms with Crippen LogP contribution in [0.3, 0.4) is 0 Å². The molecule has 1 amide bonds. The molecule has 24 heavy (non-hydrogen) atoms. The molecule has 0 radical (unpaired) electrons. The molecule has 6 heteroatoms. The van der Waals surface area contributed by atoms with E-state index in [4.69, 9.17) is 0 Å². The second-order valence-corrected chi connectivity index (χ2v) is 5.42. The van der Waals surface area contributed by atoms with Crippen molar-refractivity contribution in [2.45, 2.75) is 60.3 Å². The van der Waals surface area contributed by atoms with Gasteiger partial charge in [0.2, 0.25) is 11.9 Å². The number of amides is 1. The van der Waals surface area contributed by atoms with Gasteiger partial charge in [-0.3, -0.25) is 14.9 Å². The normalized spacial score (nSPS) is 12.8. The number of carbonyl (C=O) groups excluding carboxylic acids is 1. The van der Waals surface area contributed by atoms with Gasteiger partial charge < -0.3 is 4.98 Å². The third-order valence-corrected chi connectivity index (χ3v) is 3.38. The summed E-state index contributed by atoms with van der Waals surface area (Å²) in [6.45, 7) is 11.9. The van der Waals surface area contributed by atoms with Crippen LogP contribution < -0.4 is 10.9 Å². The molecule has 0 spiro atoms. The molecule has 1 saturated carbocycles. The molecular formula is C18H28N4O2. The Morgan fingerprint density at radius 2 is 1.83 bits per heavy atom. The average molecular weight is 332 g/mol. The smallest absolute Gasteiger partial charge is 0.259 e. The highest BCUT2D eigenvalue weighted by Gasteiger charge is 2.30. The van der Waals surface area contributed by atoms with E-state index in [9.17, 15) is 9.59 Å². The molecule has 6 nitrogen and oxygen atoms in total. The van der Waals surface area contributed by atoms with Crippen molar-refractivity contribution in [2.75, 3.05) is 5.32 Å². The highest BCUT2D eigenvalue weighted by molar-refractivity contribution is 5.93. The van der Waals surface area contributed by atoms with Gasteiger partial charge in [0.25, 0.3) is 5.56 Å². The van der Waals surface area contributed by atoms with Crippen molar-refractivity contribution in [1.29, 1.82) is 0 Å². The minimum Gasteiger partial charge on any atom is -0.328 e. The molecule has 0 saturated heterocycles. The van der Waals surface area contributed by atoms with Crippen LogP contribution in [-0.4, -0.2) is 20.9 Å². The first-order valence-electron chi connectivity index (χ1n) is 8.76. The third-order valence-electron chi connectivity index (χ3n) is 3.38. The van der Waals surface area contributed by atoms with Crippen molar-refractivity contribution in [3.63, 3.8) is 0 Å². The minimum atomic E-state index is -0.203. The zero-order chi connectivity index (χ0) is 18.3. The lowest BCUT2D eigenvalue weighted by Crippen LogP contribution is -2.18. The van der Waals surface area contributed by atoms with Gasteiger partial charge in [-0.05, 0) is 24.8 Å². The maximum Gasteiger partial charge on any atom is 0.259 e. The van der Waals surface area contributed by atoms with Crippen LogP contribution >= 0.6 is 0 Å². The summed E-state index contributed by atoms with van der Waals surface area (Å²) >= 11 is 0. The van der Waals surface area contributed by atoms with Crippen molar-refractivity contribution in [1.82, 2.24) is 15.0 Å². The van der Waals surface area contributed by atoms with Crippen LogP contribution in [-0.2, 0) is 4.79 Å². The van der Waals surface area contributed by atoms with Crippen molar-refractivity contribution >= 4 is 22.8 Å². The Bertz CT molecular complexity index is 733. The first-order chi connectivity index (χ1) is 11.6. The summed E-state index contributed by atoms with van der Waals surface area (Å²) in [5, 5.41) is 3.23. The summed E-state index contributed by atoms with van der Waals surface area (Å²) in [6.07, 6.45) is 3.40. The van der Waals surface area contributed by atoms with Crippen LogP contribution in [0, 0.1) is 5.92 Å². The van der Waals surface area contributed by atoms with Gasteiger partial charge in [0.05, 0.1) is 16.6 Å². The van der Waals surface area contributed by atoms with Crippen LogP contribution in [0.2, 0.25) is 0 Å². The average Bonchev–Trinajstić information content (AvgIpc) is 3.43. The fourth-order valence-corrected chi connectivity index (χ4v) is 2.15. The Kier molecular flexibility index (Phi) is 7.55. The second kappa shape index (κ2) is 9.15. The lowest BCUT2D eigenvalue weighted by atomic mass is 10.1. The summed E-state index contributed by atoms with van der Waals surface area (Å²) in [4.78, 5) is 35.0. The van der Waals surface area contributed by atoms with Crippen molar-refractivity contribution in [3.05, 3.63) is 28.3 Å². The Labute approximate surface area is 143 Å². The summed E-state index contributed by atoms with van der Waals surface area (Å²) in [5.41, 5.74) is 1.01. The van der Waals surface area contributed by atoms with E-state index >= 15 is 0 Å². The SMILES string of the molecule is CC.CC.CC(C)c1nc(NC(=O)C2CC2)nc2cc[nH]c(=O)c12. The minimum absolute atomic E-state index is 0.0381. The molecule has 1 aliphatic carbocycles. The molecule has 2 N–H and O–H groups in total. The number of anilines is 1. The number of fused-ring (bicyclic) bond motifs is 1. The highest BCUT2D eigenvalue weighted by atomic mass is 16.2. The highest BCUT2D eigenvalue weighted by Crippen LogP contribution is 2.30. The Morgan fingerprint density at radius 3 is 2.38 bits per heavy atom. The first kappa shape index (κ1) is 19.8. The van der Waals surface area contributed by atoms with E-state index in [1.165, 1.54) is 0 Å². The summed E-state index contributed by atoms with van der Waals surface area (Å²) < 4.78 is 0. The Balaban J connectivity index is 0.000000671. The van der Waals surface area contributed by atoms with E-state index in [2.05, 4.69) is 20.3 Å². The van der Waals surface area contributed by atoms with E-state index in [-0.39, 0.29) is 29.3 Å². The molecule has 2 heterocycles. The molecule has 1 aliphatic rings. The van der Waals surface area contributed by atoms with Gasteiger partial charge in [0.15, 0.2) is 0 Å². The summed E-state index contributed by atoms with van der Waals surface area (Å²) in [6, 6.07) is 1.72. The fourth-order valence-electron chi connectivity index (χ4n) is 2.15. The van der Waals surface area contributed by atoms with E-state index in [1.54, 1.807) is 12.3 Å². The summed E-state index contributed by atoms with van der Waals surface area (Å²) in [7, 11) is 0. The number of aromatic nitrogens is 3. The monoisotopic (exact) mass is 332 g/mol. The summed E-state index contributed by atoms with van der Waals surface area (Å²) in [5.74, 6) is 0.407. The maximum absolute atomic E-state index is 11.9. The molecule has 1 fully saturated rings. The number of H-pyrrole nitrogens is 1. The third kappa shape index (κ3) is 4.63. The van der Waals surface area contributed by atoms with Crippen LogP contribution in [0.5, 0.6) is 0 Å². The predicted octanol–water partition coefficient (Wildman–Crippen LogP) is 3.84. The molecule has 3 rings (SSSR count). The Hall–Kier alpha value is -2.24. The standard InChI is InChI=1S/C14H16N4O2.2C2H6/c1-7(2)11-10-9(5-6-15-13(10)20)16-14(17-11)18-12(19)8-3-4-8;2*1-2/h5-8H,3-4H2,1-2H3,(H,15,20)(H,16,17,18,19);2*1-2H3. The van der Waals surface area contributed by atoms with E-state index in [0.717, 1.165) is 12.8 Å². The van der Waals surface area contributed by atoms with Gasteiger partial charge in [0.1, 0.15) is 0 Å². The molecule has 0 aromatic carbocycles. The van der Waals surface area contributed by atoms with Crippen LogP contribution in [0.1, 0.15) is 66.0 Å². The van der Waals surface area contributed by atoms with Gasteiger partial charge in [0, 0.05) is 12.1 Å². The molecule has 2 aromatic heterocycles. The topological polar surface area (TPSA) is 87.7 Å². The van der Waals surface area contributed by atoms with Gasteiger partial charge in [-0.15, -0.1) is 0 Å². The second-order valence-electron chi connectivity index (χ2n) is 5.42. The van der Waals surface area contributed by atoms with Crippen LogP contribution in [0.25, 0.3) is 10.9 Å². The molecule has 0 aliphatic heterocycles. The van der Waals surface area contributed by atoms with Gasteiger partial charge in [-0.1, -0.05) is 41.5 Å². The van der Waals surface area contributed by atoms with E-state index in [1.807, 2.05) is 41.5 Å². The largest absolute Gasteiger partial charge is 0.328 e. The number of hydrogen-bond acceptors (Lipinski definition) is 4. The van der Waals surface area contributed by atoms with Crippen molar-refractivity contribution < 1.29 is 4.79 Å². The number of hydrogen-bond donors (Lipinski definition) is 2. The lowest BCUT2D eigenvalue weighted by Gasteiger charge is -2.10. The zero-order valence-corrected chi connectivity index (χ0v) is 15.4. The number of nitrogens with one attached hydrogen (secondary N) is 2. The number of rotatable bonds is 3. The van der Waals surface area contributed by atoms with Gasteiger partial charge >= 0.3 is 0 Å². The van der Waals surface area contributed by atoms with E-state index in [0.29, 0.717) is 16.6 Å². The van der Waals surface area contributed by atoms with E-state index < -0.39 is 0 Å². The Morgan fingerprint density at radius 1 is 1.21 bits per heavy atom. The maximum atomic E-state index is 11.9. The number of pyridine rings is 1. The number of aromatic amines is 1. The van der Waals surface area contributed by atoms with Crippen LogP contribution in [0.4, 0.5) is 5.95 Å². The van der Waals surface area contributed by atoms with Gasteiger partial charge in [-0.2, -0.15) is 0 Å². The molecule has 0 unspecified atom stereocenters. The lowest BCUT2D eigenvalue weighted by molar-refractivity contribution is -0.117. The molecule has 0 atom stereocenters. The van der Waals surface area contributed by atoms with Crippen LogP contribution in [0.15, 0.2) is 17.1 Å². The fraction of sp³-hybridized carbons (Fsp3) is 0.556. The molecular weight excluding hydrogens is 304 g/mol. The first-order valence-corrected chi connectivity index (χ1v) is 8.76. The number of nitrogens with zero attached hydrogens (tertiary/aromatic N) is 2. The molecule has 0 bridgehead atoms. The van der Waals surface area contributed by atoms with Crippen molar-refractivity contribution in [2.24, 2.45) is 5.92 Å². The van der Waals surface area contributed by atoms with Crippen molar-refractivity contribution in [3.8, 4) is 0 Å². The zero-order valence-electron chi connectivity index (χ0n) is 15.4. The molecule has 2 aromatic rings. The quantitative estimate of drug-likeness (QED) is 0.894. The molecule has 132 valence electrons. The number of carbonyl (C=O) groups is 1. The van der Waals surface area contributed by atoms with Gasteiger partial charge in [-0.25, -0.2) is 9.97 Å².